The van der Waals surface area contributed by atoms with Crippen molar-refractivity contribution >= 4 is 29.0 Å². The third kappa shape index (κ3) is 6.24. The molecule has 0 unspecified atom stereocenters. The van der Waals surface area contributed by atoms with Gasteiger partial charge in [-0.15, -0.1) is 0 Å². The van der Waals surface area contributed by atoms with Gasteiger partial charge in [0.15, 0.2) is 5.82 Å². The molecule has 7 nitrogen and oxygen atoms in total. The summed E-state index contributed by atoms with van der Waals surface area (Å²) >= 11 is 0. The fraction of sp³-hybridized carbons (Fsp3) is 0.367. The van der Waals surface area contributed by atoms with Crippen LogP contribution in [0.2, 0.25) is 0 Å². The van der Waals surface area contributed by atoms with E-state index in [1.165, 1.54) is 5.56 Å². The van der Waals surface area contributed by atoms with Crippen LogP contribution in [0.25, 0.3) is 0 Å². The molecule has 0 saturated carbocycles. The van der Waals surface area contributed by atoms with Crippen molar-refractivity contribution in [3.8, 4) is 0 Å². The Hall–Kier alpha value is -3.55. The lowest BCUT2D eigenvalue weighted by atomic mass is 10.1. The van der Waals surface area contributed by atoms with E-state index in [0.29, 0.717) is 29.2 Å². The molecule has 2 aliphatic rings. The third-order valence-corrected chi connectivity index (χ3v) is 7.28. The Balaban J connectivity index is 1.07. The molecule has 1 N–H and O–H groups in total. The van der Waals surface area contributed by atoms with Crippen molar-refractivity contribution in [3.63, 3.8) is 0 Å². The van der Waals surface area contributed by atoms with E-state index < -0.39 is 0 Å². The number of nitrogens with one attached hydrogen (secondary N) is 1. The Morgan fingerprint density at radius 3 is 2.35 bits per heavy atom. The zero-order valence-electron chi connectivity index (χ0n) is 21.3. The molecule has 5 rings (SSSR count). The first kappa shape index (κ1) is 25.1. The van der Waals surface area contributed by atoms with E-state index in [1.54, 1.807) is 29.3 Å². The van der Waals surface area contributed by atoms with Crippen LogP contribution in [0, 0.1) is 0 Å². The summed E-state index contributed by atoms with van der Waals surface area (Å²) in [6.45, 7) is 6.68. The van der Waals surface area contributed by atoms with Gasteiger partial charge in [-0.25, -0.2) is 4.98 Å². The summed E-state index contributed by atoms with van der Waals surface area (Å²) in [5, 5.41) is 2.89. The van der Waals surface area contributed by atoms with E-state index in [-0.39, 0.29) is 11.8 Å². The number of hydrogen-bond acceptors (Lipinski definition) is 5. The highest BCUT2D eigenvalue weighted by Gasteiger charge is 2.29. The maximum absolute atomic E-state index is 13.4. The van der Waals surface area contributed by atoms with Gasteiger partial charge in [0.05, 0.1) is 16.9 Å². The Labute approximate surface area is 219 Å². The maximum atomic E-state index is 13.4. The molecule has 1 aromatic heterocycles. The van der Waals surface area contributed by atoms with Gasteiger partial charge in [-0.3, -0.25) is 14.5 Å². The van der Waals surface area contributed by atoms with Gasteiger partial charge in [0, 0.05) is 45.3 Å². The molecule has 0 atom stereocenters. The first-order valence-electron chi connectivity index (χ1n) is 13.4. The lowest BCUT2D eigenvalue weighted by Gasteiger charge is -2.34. The summed E-state index contributed by atoms with van der Waals surface area (Å²) in [6.07, 6.45) is 6.09. The number of unbranched alkanes of at least 4 members (excludes halogenated alkanes) is 2. The lowest BCUT2D eigenvalue weighted by Crippen LogP contribution is -2.47. The van der Waals surface area contributed by atoms with Crippen molar-refractivity contribution < 1.29 is 9.59 Å². The van der Waals surface area contributed by atoms with E-state index in [2.05, 4.69) is 50.4 Å². The molecule has 0 radical (unpaired) electrons. The van der Waals surface area contributed by atoms with Crippen LogP contribution in [0.4, 0.5) is 17.2 Å². The molecule has 2 aromatic carbocycles. The molecule has 0 aliphatic carbocycles. The average Bonchev–Trinajstić information content (AvgIpc) is 3.06. The smallest absolute Gasteiger partial charge is 0.257 e. The number of rotatable bonds is 9. The molecule has 2 aliphatic heterocycles. The normalized spacial score (nSPS) is 16.0. The zero-order chi connectivity index (χ0) is 25.5. The van der Waals surface area contributed by atoms with Gasteiger partial charge >= 0.3 is 0 Å². The molecule has 192 valence electrons. The van der Waals surface area contributed by atoms with E-state index in [9.17, 15) is 9.59 Å². The number of nitrogens with zero attached hydrogens (tertiary/aromatic N) is 4. The summed E-state index contributed by atoms with van der Waals surface area (Å²) in [5.41, 5.74) is 3.04. The first-order valence-corrected chi connectivity index (χ1v) is 13.4. The SMILES string of the molecule is O=C1Nc2cccnc2N(C(=O)CCCCCN2CCN(CCc3ccccc3)CC2)c2ccccc21. The van der Waals surface area contributed by atoms with E-state index in [1.807, 2.05) is 18.2 Å². The predicted octanol–water partition coefficient (Wildman–Crippen LogP) is 4.73. The molecule has 2 amide bonds. The van der Waals surface area contributed by atoms with Crippen LogP contribution in [0.1, 0.15) is 41.6 Å². The fourth-order valence-corrected chi connectivity index (χ4v) is 5.16. The number of carbonyl (C=O) groups excluding carboxylic acids is 2. The first-order chi connectivity index (χ1) is 18.2. The highest BCUT2D eigenvalue weighted by atomic mass is 16.2. The third-order valence-electron chi connectivity index (χ3n) is 7.28. The van der Waals surface area contributed by atoms with Crippen LogP contribution < -0.4 is 10.2 Å². The van der Waals surface area contributed by atoms with E-state index in [0.717, 1.165) is 65.0 Å². The van der Waals surface area contributed by atoms with Crippen molar-refractivity contribution in [2.75, 3.05) is 49.5 Å². The number of aromatic nitrogens is 1. The van der Waals surface area contributed by atoms with Gasteiger partial charge in [-0.1, -0.05) is 48.9 Å². The van der Waals surface area contributed by atoms with Crippen LogP contribution in [-0.4, -0.2) is 65.9 Å². The number of pyridine rings is 1. The summed E-state index contributed by atoms with van der Waals surface area (Å²) in [4.78, 5) is 37.3. The summed E-state index contributed by atoms with van der Waals surface area (Å²) in [7, 11) is 0. The minimum Gasteiger partial charge on any atom is -0.319 e. The molecule has 1 fully saturated rings. The van der Waals surface area contributed by atoms with Crippen molar-refractivity contribution in [2.24, 2.45) is 0 Å². The minimum atomic E-state index is -0.222. The van der Waals surface area contributed by atoms with Crippen molar-refractivity contribution in [2.45, 2.75) is 32.1 Å². The second-order valence-corrected chi connectivity index (χ2v) is 9.80. The fourth-order valence-electron chi connectivity index (χ4n) is 5.16. The van der Waals surface area contributed by atoms with Gasteiger partial charge in [0.1, 0.15) is 0 Å². The van der Waals surface area contributed by atoms with Crippen LogP contribution in [0.5, 0.6) is 0 Å². The number of carbonyl (C=O) groups is 2. The number of hydrogen-bond donors (Lipinski definition) is 1. The minimum absolute atomic E-state index is 0.0315. The lowest BCUT2D eigenvalue weighted by molar-refractivity contribution is -0.118. The summed E-state index contributed by atoms with van der Waals surface area (Å²) in [5.74, 6) is 0.229. The van der Waals surface area contributed by atoms with E-state index in [4.69, 9.17) is 0 Å². The number of fused-ring (bicyclic) bond motifs is 2. The second-order valence-electron chi connectivity index (χ2n) is 9.80. The highest BCUT2D eigenvalue weighted by Crippen LogP contribution is 2.36. The Morgan fingerprint density at radius 2 is 1.54 bits per heavy atom. The van der Waals surface area contributed by atoms with Crippen molar-refractivity contribution in [1.82, 2.24) is 14.8 Å². The standard InChI is InChI=1S/C30H35N5O2/c36-28(35-27-14-7-6-12-25(27)30(37)32-26-13-9-17-31-29(26)35)15-5-2-8-18-33-20-22-34(23-21-33)19-16-24-10-3-1-4-11-24/h1,3-4,6-7,9-14,17H,2,5,8,15-16,18-23H2,(H,32,37). The quantitative estimate of drug-likeness (QED) is 0.433. The van der Waals surface area contributed by atoms with Gasteiger partial charge in [-0.2, -0.15) is 0 Å². The van der Waals surface area contributed by atoms with Crippen LogP contribution in [0.3, 0.4) is 0 Å². The topological polar surface area (TPSA) is 68.8 Å². The molecular formula is C30H35N5O2. The molecular weight excluding hydrogens is 462 g/mol. The second kappa shape index (κ2) is 12.1. The molecule has 0 spiro atoms. The number of piperazine rings is 1. The predicted molar refractivity (Wildman–Crippen MR) is 147 cm³/mol. The summed E-state index contributed by atoms with van der Waals surface area (Å²) < 4.78 is 0. The molecule has 7 heteroatoms. The Kier molecular flexibility index (Phi) is 8.23. The largest absolute Gasteiger partial charge is 0.319 e. The molecule has 3 heterocycles. The molecule has 3 aromatic rings. The molecule has 1 saturated heterocycles. The van der Waals surface area contributed by atoms with Crippen LogP contribution in [0.15, 0.2) is 72.9 Å². The maximum Gasteiger partial charge on any atom is 0.257 e. The van der Waals surface area contributed by atoms with Gasteiger partial charge in [0.25, 0.3) is 5.91 Å². The average molecular weight is 498 g/mol. The Bertz CT molecular complexity index is 1210. The van der Waals surface area contributed by atoms with E-state index >= 15 is 0 Å². The Morgan fingerprint density at radius 1 is 0.811 bits per heavy atom. The number of anilines is 3. The zero-order valence-corrected chi connectivity index (χ0v) is 21.3. The van der Waals surface area contributed by atoms with Crippen molar-refractivity contribution in [1.29, 1.82) is 0 Å². The van der Waals surface area contributed by atoms with Crippen LogP contribution in [-0.2, 0) is 11.2 Å². The molecule has 0 bridgehead atoms. The monoisotopic (exact) mass is 497 g/mol. The number of amides is 2. The molecule has 37 heavy (non-hydrogen) atoms. The van der Waals surface area contributed by atoms with Gasteiger partial charge in [-0.05, 0) is 55.6 Å². The number of para-hydroxylation sites is 1. The van der Waals surface area contributed by atoms with Gasteiger partial charge in [0.2, 0.25) is 5.91 Å². The van der Waals surface area contributed by atoms with Crippen LogP contribution >= 0.6 is 0 Å². The van der Waals surface area contributed by atoms with Gasteiger partial charge < -0.3 is 15.1 Å². The van der Waals surface area contributed by atoms with Crippen molar-refractivity contribution in [3.05, 3.63) is 84.1 Å². The highest BCUT2D eigenvalue weighted by molar-refractivity contribution is 6.17. The number of benzene rings is 2. The summed E-state index contributed by atoms with van der Waals surface area (Å²) in [6, 6.07) is 21.5.